The average Bonchev–Trinajstić information content (AvgIpc) is 2.50. The third-order valence-electron chi connectivity index (χ3n) is 4.48. The molecule has 0 aromatic heterocycles. The summed E-state index contributed by atoms with van der Waals surface area (Å²) in [5.74, 6) is 1.34. The molecule has 0 spiro atoms. The predicted molar refractivity (Wildman–Crippen MR) is 86.4 cm³/mol. The molecule has 1 aliphatic rings. The van der Waals surface area contributed by atoms with Crippen LogP contribution < -0.4 is 11.1 Å². The van der Waals surface area contributed by atoms with Crippen LogP contribution in [0, 0.1) is 11.8 Å². The normalized spacial score (nSPS) is 21.8. The number of hydrogen-bond donors (Lipinski definition) is 2. The monoisotopic (exact) mass is 290 g/mol. The van der Waals surface area contributed by atoms with Gasteiger partial charge in [-0.05, 0) is 36.5 Å². The van der Waals surface area contributed by atoms with E-state index in [2.05, 4.69) is 12.2 Å². The third kappa shape index (κ3) is 4.38. The van der Waals surface area contributed by atoms with Crippen molar-refractivity contribution in [3.8, 4) is 0 Å². The molecule has 0 saturated heterocycles. The maximum Gasteiger partial charge on any atom is 0.340 e. The van der Waals surface area contributed by atoms with Crippen LogP contribution in [0.3, 0.4) is 0 Å². The highest BCUT2D eigenvalue weighted by molar-refractivity contribution is 5.96. The smallest absolute Gasteiger partial charge is 0.340 e. The molecule has 2 rings (SSSR count). The highest BCUT2D eigenvalue weighted by Crippen LogP contribution is 2.30. The summed E-state index contributed by atoms with van der Waals surface area (Å²) in [5.41, 5.74) is 7.60. The Kier molecular flexibility index (Phi) is 5.48. The number of nitrogens with two attached hydrogens (primary N) is 1. The Labute approximate surface area is 127 Å². The van der Waals surface area contributed by atoms with Gasteiger partial charge in [-0.3, -0.25) is 0 Å². The second-order valence-corrected chi connectivity index (χ2v) is 6.13. The molecule has 1 aromatic carbocycles. The number of carbonyl (C=O) groups is 1. The highest BCUT2D eigenvalue weighted by atomic mass is 16.5. The van der Waals surface area contributed by atoms with Gasteiger partial charge in [-0.25, -0.2) is 4.79 Å². The first-order chi connectivity index (χ1) is 10.1. The number of nitrogen functional groups attached to an aromatic ring is 1. The highest BCUT2D eigenvalue weighted by Gasteiger charge is 2.17. The van der Waals surface area contributed by atoms with Crippen molar-refractivity contribution in [2.45, 2.75) is 39.0 Å². The van der Waals surface area contributed by atoms with Crippen molar-refractivity contribution in [1.29, 1.82) is 0 Å². The van der Waals surface area contributed by atoms with E-state index in [0.29, 0.717) is 11.3 Å². The molecule has 21 heavy (non-hydrogen) atoms. The fourth-order valence-corrected chi connectivity index (χ4v) is 2.99. The van der Waals surface area contributed by atoms with Crippen LogP contribution in [0.5, 0.6) is 0 Å². The summed E-state index contributed by atoms with van der Waals surface area (Å²) in [4.78, 5) is 11.6. The van der Waals surface area contributed by atoms with Gasteiger partial charge in [0, 0.05) is 17.9 Å². The van der Waals surface area contributed by atoms with Gasteiger partial charge in [0.1, 0.15) is 0 Å². The lowest BCUT2D eigenvalue weighted by atomic mass is 9.81. The number of esters is 1. The fourth-order valence-electron chi connectivity index (χ4n) is 2.99. The Bertz CT molecular complexity index is 480. The average molecular weight is 290 g/mol. The Hall–Kier alpha value is -1.71. The number of hydrogen-bond acceptors (Lipinski definition) is 4. The van der Waals surface area contributed by atoms with E-state index in [0.717, 1.165) is 24.1 Å². The molecule has 3 N–H and O–H groups in total. The number of nitrogens with one attached hydrogen (secondary N) is 1. The third-order valence-corrected chi connectivity index (χ3v) is 4.48. The molecule has 1 saturated carbocycles. The SMILES string of the molecule is COC(=O)c1cc(NCCC2CCC(C)CC2)ccc1N. The zero-order chi connectivity index (χ0) is 15.2. The van der Waals surface area contributed by atoms with Gasteiger partial charge in [-0.2, -0.15) is 0 Å². The molecule has 0 aliphatic heterocycles. The van der Waals surface area contributed by atoms with Crippen molar-refractivity contribution in [3.63, 3.8) is 0 Å². The van der Waals surface area contributed by atoms with Crippen molar-refractivity contribution in [2.75, 3.05) is 24.7 Å². The molecule has 0 atom stereocenters. The van der Waals surface area contributed by atoms with E-state index >= 15 is 0 Å². The van der Waals surface area contributed by atoms with Crippen LogP contribution in [0.15, 0.2) is 18.2 Å². The molecule has 1 aliphatic carbocycles. The van der Waals surface area contributed by atoms with Crippen molar-refractivity contribution < 1.29 is 9.53 Å². The van der Waals surface area contributed by atoms with E-state index in [1.807, 2.05) is 6.07 Å². The molecule has 0 unspecified atom stereocenters. The Morgan fingerprint density at radius 1 is 1.33 bits per heavy atom. The number of rotatable bonds is 5. The largest absolute Gasteiger partial charge is 0.465 e. The van der Waals surface area contributed by atoms with Gasteiger partial charge < -0.3 is 15.8 Å². The predicted octanol–water partition coefficient (Wildman–Crippen LogP) is 3.68. The first kappa shape index (κ1) is 15.7. The zero-order valence-corrected chi connectivity index (χ0v) is 13.0. The van der Waals surface area contributed by atoms with E-state index < -0.39 is 5.97 Å². The van der Waals surface area contributed by atoms with E-state index in [1.54, 1.807) is 12.1 Å². The topological polar surface area (TPSA) is 64.3 Å². The number of benzene rings is 1. The van der Waals surface area contributed by atoms with Crippen LogP contribution in [0.4, 0.5) is 11.4 Å². The maximum atomic E-state index is 11.6. The molecule has 4 heteroatoms. The van der Waals surface area contributed by atoms with E-state index in [4.69, 9.17) is 10.5 Å². The van der Waals surface area contributed by atoms with E-state index in [9.17, 15) is 4.79 Å². The minimum absolute atomic E-state index is 0.391. The molecule has 0 radical (unpaired) electrons. The van der Waals surface area contributed by atoms with Gasteiger partial charge >= 0.3 is 5.97 Å². The van der Waals surface area contributed by atoms with Crippen LogP contribution in [0.25, 0.3) is 0 Å². The number of ether oxygens (including phenoxy) is 1. The minimum Gasteiger partial charge on any atom is -0.465 e. The van der Waals surface area contributed by atoms with Gasteiger partial charge in [-0.1, -0.05) is 32.6 Å². The summed E-state index contributed by atoms with van der Waals surface area (Å²) >= 11 is 0. The van der Waals surface area contributed by atoms with Gasteiger partial charge in [0.25, 0.3) is 0 Å². The van der Waals surface area contributed by atoms with Crippen LogP contribution in [-0.4, -0.2) is 19.6 Å². The van der Waals surface area contributed by atoms with Crippen molar-refractivity contribution >= 4 is 17.3 Å². The quantitative estimate of drug-likeness (QED) is 0.641. The lowest BCUT2D eigenvalue weighted by molar-refractivity contribution is 0.0602. The molecule has 4 nitrogen and oxygen atoms in total. The number of anilines is 2. The Morgan fingerprint density at radius 3 is 2.71 bits per heavy atom. The van der Waals surface area contributed by atoms with E-state index in [1.165, 1.54) is 39.2 Å². The number of carbonyl (C=O) groups excluding carboxylic acids is 1. The standard InChI is InChI=1S/C17H26N2O2/c1-12-3-5-13(6-4-12)9-10-19-14-7-8-16(18)15(11-14)17(20)21-2/h7-8,11-13,19H,3-6,9-10,18H2,1-2H3. The maximum absolute atomic E-state index is 11.6. The second kappa shape index (κ2) is 7.34. The summed E-state index contributed by atoms with van der Waals surface area (Å²) in [5, 5.41) is 3.39. The van der Waals surface area contributed by atoms with Gasteiger partial charge in [-0.15, -0.1) is 0 Å². The lowest BCUT2D eigenvalue weighted by Gasteiger charge is -2.26. The minimum atomic E-state index is -0.391. The molecule has 1 fully saturated rings. The fraction of sp³-hybridized carbons (Fsp3) is 0.588. The molecule has 116 valence electrons. The first-order valence-corrected chi connectivity index (χ1v) is 7.82. The van der Waals surface area contributed by atoms with Crippen molar-refractivity contribution in [1.82, 2.24) is 0 Å². The van der Waals surface area contributed by atoms with Crippen LogP contribution in [-0.2, 0) is 4.74 Å². The van der Waals surface area contributed by atoms with Gasteiger partial charge in [0.15, 0.2) is 0 Å². The summed E-state index contributed by atoms with van der Waals surface area (Å²) < 4.78 is 4.74. The lowest BCUT2D eigenvalue weighted by Crippen LogP contribution is -2.16. The molecule has 1 aromatic rings. The van der Waals surface area contributed by atoms with Gasteiger partial charge in [0.05, 0.1) is 12.7 Å². The Morgan fingerprint density at radius 2 is 2.05 bits per heavy atom. The summed E-state index contributed by atoms with van der Waals surface area (Å²) in [6.45, 7) is 3.28. The molecule has 0 heterocycles. The van der Waals surface area contributed by atoms with Crippen LogP contribution >= 0.6 is 0 Å². The second-order valence-electron chi connectivity index (χ2n) is 6.13. The van der Waals surface area contributed by atoms with Crippen LogP contribution in [0.1, 0.15) is 49.4 Å². The molecular weight excluding hydrogens is 264 g/mol. The summed E-state index contributed by atoms with van der Waals surface area (Å²) in [7, 11) is 1.37. The molecule has 0 bridgehead atoms. The molecular formula is C17H26N2O2. The van der Waals surface area contributed by atoms with Crippen molar-refractivity contribution in [3.05, 3.63) is 23.8 Å². The first-order valence-electron chi connectivity index (χ1n) is 7.82. The van der Waals surface area contributed by atoms with E-state index in [-0.39, 0.29) is 0 Å². The van der Waals surface area contributed by atoms with Gasteiger partial charge in [0.2, 0.25) is 0 Å². The van der Waals surface area contributed by atoms with Crippen molar-refractivity contribution in [2.24, 2.45) is 11.8 Å². The zero-order valence-electron chi connectivity index (χ0n) is 13.0. The molecule has 0 amide bonds. The summed E-state index contributed by atoms with van der Waals surface area (Å²) in [6.07, 6.45) is 6.60. The number of methoxy groups -OCH3 is 1. The van der Waals surface area contributed by atoms with Crippen LogP contribution in [0.2, 0.25) is 0 Å². The summed E-state index contributed by atoms with van der Waals surface area (Å²) in [6, 6.07) is 5.42. The Balaban J connectivity index is 1.84.